The number of carbonyl (C=O) groups excluding carboxylic acids is 1. The summed E-state index contributed by atoms with van der Waals surface area (Å²) in [6, 6.07) is 14.3. The minimum Gasteiger partial charge on any atom is -0.339 e. The van der Waals surface area contributed by atoms with Crippen LogP contribution in [0.5, 0.6) is 0 Å². The van der Waals surface area contributed by atoms with Crippen LogP contribution in [0.3, 0.4) is 0 Å². The van der Waals surface area contributed by atoms with Gasteiger partial charge in [-0.1, -0.05) is 23.4 Å². The summed E-state index contributed by atoms with van der Waals surface area (Å²) < 4.78 is 32.5. The summed E-state index contributed by atoms with van der Waals surface area (Å²) in [5, 5.41) is 7.09. The molecule has 2 aliphatic rings. The van der Waals surface area contributed by atoms with Crippen molar-refractivity contribution < 1.29 is 17.7 Å². The topological polar surface area (TPSA) is 109 Å². The number of amides is 2. The van der Waals surface area contributed by atoms with E-state index in [0.717, 1.165) is 36.9 Å². The second kappa shape index (κ2) is 9.79. The lowest BCUT2D eigenvalue weighted by molar-refractivity contribution is 0.187. The highest BCUT2D eigenvalue weighted by atomic mass is 32.2. The first kappa shape index (κ1) is 23.5. The summed E-state index contributed by atoms with van der Waals surface area (Å²) in [6.45, 7) is 4.32. The third-order valence-corrected chi connectivity index (χ3v) is 8.69. The molecule has 10 heteroatoms. The van der Waals surface area contributed by atoms with Crippen LogP contribution in [0.4, 0.5) is 10.5 Å². The van der Waals surface area contributed by atoms with Crippen LogP contribution >= 0.6 is 0 Å². The summed E-state index contributed by atoms with van der Waals surface area (Å²) in [5.74, 6) is 1.06. The maximum Gasteiger partial charge on any atom is 0.321 e. The Bertz CT molecular complexity index is 1290. The molecule has 2 aromatic carbocycles. The van der Waals surface area contributed by atoms with Crippen molar-refractivity contribution in [2.75, 3.05) is 31.5 Å². The number of piperidine rings is 1. The Morgan fingerprint density at radius 2 is 1.69 bits per heavy atom. The van der Waals surface area contributed by atoms with Gasteiger partial charge in [0.05, 0.1) is 4.90 Å². The zero-order valence-corrected chi connectivity index (χ0v) is 20.5. The van der Waals surface area contributed by atoms with Gasteiger partial charge in [-0.3, -0.25) is 0 Å². The molecule has 35 heavy (non-hydrogen) atoms. The first-order chi connectivity index (χ1) is 16.9. The van der Waals surface area contributed by atoms with Crippen LogP contribution in [0.2, 0.25) is 0 Å². The van der Waals surface area contributed by atoms with Crippen molar-refractivity contribution in [2.45, 2.75) is 43.4 Å². The molecule has 2 aliphatic heterocycles. The number of carbonyl (C=O) groups is 1. The lowest BCUT2D eigenvalue weighted by Gasteiger charge is -2.30. The van der Waals surface area contributed by atoms with Gasteiger partial charge in [0.15, 0.2) is 0 Å². The molecule has 3 aromatic rings. The second-order valence-electron chi connectivity index (χ2n) is 9.10. The predicted octanol–water partition coefficient (Wildman–Crippen LogP) is 4.24. The second-order valence-corrected chi connectivity index (χ2v) is 11.0. The fourth-order valence-corrected chi connectivity index (χ4v) is 6.13. The van der Waals surface area contributed by atoms with E-state index >= 15 is 0 Å². The Labute approximate surface area is 205 Å². The number of nitrogens with zero attached hydrogens (tertiary/aromatic N) is 4. The van der Waals surface area contributed by atoms with E-state index in [2.05, 4.69) is 15.5 Å². The number of aromatic nitrogens is 2. The van der Waals surface area contributed by atoms with Crippen molar-refractivity contribution in [3.63, 3.8) is 0 Å². The Balaban J connectivity index is 1.20. The first-order valence-corrected chi connectivity index (χ1v) is 13.4. The van der Waals surface area contributed by atoms with Crippen molar-refractivity contribution in [2.24, 2.45) is 0 Å². The third kappa shape index (κ3) is 4.94. The molecule has 2 amide bonds. The van der Waals surface area contributed by atoms with Crippen LogP contribution in [-0.2, 0) is 10.0 Å². The number of aryl methyl sites for hydroxylation is 1. The summed E-state index contributed by atoms with van der Waals surface area (Å²) in [4.78, 5) is 19.3. The molecule has 184 valence electrons. The lowest BCUT2D eigenvalue weighted by Crippen LogP contribution is -2.40. The van der Waals surface area contributed by atoms with E-state index in [1.54, 1.807) is 29.2 Å². The minimum atomic E-state index is -3.45. The number of hydrogen-bond acceptors (Lipinski definition) is 6. The van der Waals surface area contributed by atoms with Crippen molar-refractivity contribution in [1.82, 2.24) is 19.3 Å². The van der Waals surface area contributed by atoms with E-state index in [4.69, 9.17) is 4.52 Å². The first-order valence-electron chi connectivity index (χ1n) is 12.0. The van der Waals surface area contributed by atoms with Crippen LogP contribution < -0.4 is 5.32 Å². The molecule has 5 rings (SSSR count). The Morgan fingerprint density at radius 3 is 2.37 bits per heavy atom. The molecule has 0 bridgehead atoms. The van der Waals surface area contributed by atoms with Gasteiger partial charge in [0.1, 0.15) is 0 Å². The maximum atomic E-state index is 12.7. The summed E-state index contributed by atoms with van der Waals surface area (Å²) in [7, 11) is -3.45. The SMILES string of the molecule is Cc1ccccc1NC(=O)N1CCC(c2nc(-c3ccc(S(=O)(=O)N4CCCC4)cc3)no2)CC1. The summed E-state index contributed by atoms with van der Waals surface area (Å²) in [6.07, 6.45) is 3.27. The maximum absolute atomic E-state index is 12.7. The number of nitrogens with one attached hydrogen (secondary N) is 1. The number of rotatable bonds is 5. The van der Waals surface area contributed by atoms with E-state index in [9.17, 15) is 13.2 Å². The summed E-state index contributed by atoms with van der Waals surface area (Å²) >= 11 is 0. The normalized spacial score (nSPS) is 17.6. The minimum absolute atomic E-state index is 0.0774. The molecule has 0 aliphatic carbocycles. The van der Waals surface area contributed by atoms with Crippen LogP contribution in [0.1, 0.15) is 43.1 Å². The molecule has 1 aromatic heterocycles. The molecule has 0 unspecified atom stereocenters. The van der Waals surface area contributed by atoms with Crippen LogP contribution in [0, 0.1) is 6.92 Å². The Kier molecular flexibility index (Phi) is 6.57. The van der Waals surface area contributed by atoms with Crippen LogP contribution in [0.15, 0.2) is 57.9 Å². The van der Waals surface area contributed by atoms with E-state index in [-0.39, 0.29) is 16.8 Å². The number of benzene rings is 2. The van der Waals surface area contributed by atoms with Gasteiger partial charge in [-0.05, 0) is 68.5 Å². The molecule has 0 spiro atoms. The van der Waals surface area contributed by atoms with Gasteiger partial charge in [-0.2, -0.15) is 9.29 Å². The van der Waals surface area contributed by atoms with Gasteiger partial charge in [0, 0.05) is 43.3 Å². The highest BCUT2D eigenvalue weighted by Gasteiger charge is 2.29. The average molecular weight is 496 g/mol. The fourth-order valence-electron chi connectivity index (χ4n) is 4.61. The smallest absolute Gasteiger partial charge is 0.321 e. The molecule has 9 nitrogen and oxygen atoms in total. The Morgan fingerprint density at radius 1 is 1.00 bits per heavy atom. The van der Waals surface area contributed by atoms with Gasteiger partial charge in [-0.25, -0.2) is 13.2 Å². The van der Waals surface area contributed by atoms with E-state index in [1.807, 2.05) is 31.2 Å². The Hall–Kier alpha value is -3.24. The van der Waals surface area contributed by atoms with Crippen molar-refractivity contribution in [3.8, 4) is 11.4 Å². The molecule has 0 radical (unpaired) electrons. The zero-order chi connectivity index (χ0) is 24.4. The average Bonchev–Trinajstić information content (AvgIpc) is 3.59. The highest BCUT2D eigenvalue weighted by molar-refractivity contribution is 7.89. The molecule has 2 fully saturated rings. The predicted molar refractivity (Wildman–Crippen MR) is 131 cm³/mol. The third-order valence-electron chi connectivity index (χ3n) is 6.78. The van der Waals surface area contributed by atoms with E-state index in [0.29, 0.717) is 43.5 Å². The van der Waals surface area contributed by atoms with Crippen molar-refractivity contribution in [3.05, 3.63) is 60.0 Å². The highest BCUT2D eigenvalue weighted by Crippen LogP contribution is 2.30. The monoisotopic (exact) mass is 495 g/mol. The zero-order valence-electron chi connectivity index (χ0n) is 19.7. The quantitative estimate of drug-likeness (QED) is 0.567. The number of hydrogen-bond donors (Lipinski definition) is 1. The summed E-state index contributed by atoms with van der Waals surface area (Å²) in [5.41, 5.74) is 2.55. The largest absolute Gasteiger partial charge is 0.339 e. The molecule has 0 atom stereocenters. The molecule has 3 heterocycles. The van der Waals surface area contributed by atoms with Crippen LogP contribution in [0.25, 0.3) is 11.4 Å². The number of anilines is 1. The molecular weight excluding hydrogens is 466 g/mol. The van der Waals surface area contributed by atoms with E-state index < -0.39 is 10.0 Å². The molecular formula is C25H29N5O4S. The van der Waals surface area contributed by atoms with Gasteiger partial charge >= 0.3 is 6.03 Å². The molecule has 0 saturated carbocycles. The lowest BCUT2D eigenvalue weighted by atomic mass is 9.97. The standard InChI is InChI=1S/C25H29N5O4S/c1-18-6-2-3-7-22(18)26-25(31)29-16-12-20(13-17-29)24-27-23(28-34-24)19-8-10-21(11-9-19)35(32,33)30-14-4-5-15-30/h2-3,6-11,20H,4-5,12-17H2,1H3,(H,26,31). The van der Waals surface area contributed by atoms with Gasteiger partial charge in [0.2, 0.25) is 21.7 Å². The van der Waals surface area contributed by atoms with Gasteiger partial charge < -0.3 is 14.7 Å². The number of para-hydroxylation sites is 1. The number of sulfonamides is 1. The van der Waals surface area contributed by atoms with Gasteiger partial charge in [-0.15, -0.1) is 0 Å². The number of urea groups is 1. The molecule has 2 saturated heterocycles. The number of likely N-dealkylation sites (tertiary alicyclic amines) is 1. The van der Waals surface area contributed by atoms with E-state index in [1.165, 1.54) is 4.31 Å². The van der Waals surface area contributed by atoms with Gasteiger partial charge in [0.25, 0.3) is 0 Å². The molecule has 1 N–H and O–H groups in total. The van der Waals surface area contributed by atoms with Crippen LogP contribution in [-0.4, -0.2) is 60.0 Å². The van der Waals surface area contributed by atoms with Crippen molar-refractivity contribution in [1.29, 1.82) is 0 Å². The fraction of sp³-hybridized carbons (Fsp3) is 0.400. The van der Waals surface area contributed by atoms with Crippen molar-refractivity contribution >= 4 is 21.7 Å².